The Kier molecular flexibility index (Phi) is 7.69. The third-order valence-electron chi connectivity index (χ3n) is 3.43. The van der Waals surface area contributed by atoms with Gasteiger partial charge in [-0.1, -0.05) is 43.1 Å². The van der Waals surface area contributed by atoms with E-state index in [2.05, 4.69) is 5.32 Å². The van der Waals surface area contributed by atoms with Gasteiger partial charge < -0.3 is 10.2 Å². The number of benzene rings is 1. The number of hydrogen-bond acceptors (Lipinski definition) is 2. The molecular weight excluding hydrogens is 323 g/mol. The average molecular weight is 345 g/mol. The van der Waals surface area contributed by atoms with E-state index in [1.54, 1.807) is 30.0 Å². The van der Waals surface area contributed by atoms with Crippen molar-refractivity contribution >= 4 is 35.0 Å². The van der Waals surface area contributed by atoms with Crippen molar-refractivity contribution in [3.63, 3.8) is 0 Å². The van der Waals surface area contributed by atoms with Crippen molar-refractivity contribution in [3.05, 3.63) is 33.8 Å². The van der Waals surface area contributed by atoms with E-state index in [4.69, 9.17) is 23.2 Å². The Hall–Kier alpha value is -1.26. The highest BCUT2D eigenvalue weighted by atomic mass is 35.5. The summed E-state index contributed by atoms with van der Waals surface area (Å²) in [6, 6.07) is 4.68. The quantitative estimate of drug-likeness (QED) is 0.820. The van der Waals surface area contributed by atoms with E-state index >= 15 is 0 Å². The monoisotopic (exact) mass is 344 g/mol. The fraction of sp³-hybridized carbons (Fsp3) is 0.500. The zero-order chi connectivity index (χ0) is 16.7. The molecule has 0 spiro atoms. The number of nitrogens with zero attached hydrogens (tertiary/aromatic N) is 1. The van der Waals surface area contributed by atoms with Crippen LogP contribution in [0.15, 0.2) is 18.2 Å². The third kappa shape index (κ3) is 4.62. The molecule has 0 aliphatic rings. The predicted octanol–water partition coefficient (Wildman–Crippen LogP) is 3.65. The molecule has 0 aliphatic heterocycles. The number of rotatable bonds is 7. The van der Waals surface area contributed by atoms with E-state index in [0.29, 0.717) is 35.0 Å². The van der Waals surface area contributed by atoms with Gasteiger partial charge in [-0.2, -0.15) is 0 Å². The lowest BCUT2D eigenvalue weighted by Gasteiger charge is -2.30. The lowest BCUT2D eigenvalue weighted by atomic mass is 10.1. The van der Waals surface area contributed by atoms with E-state index in [1.807, 2.05) is 13.8 Å². The Bertz CT molecular complexity index is 515. The Morgan fingerprint density at radius 1 is 1.18 bits per heavy atom. The van der Waals surface area contributed by atoms with Crippen molar-refractivity contribution < 1.29 is 9.59 Å². The highest BCUT2D eigenvalue weighted by Gasteiger charge is 2.28. The summed E-state index contributed by atoms with van der Waals surface area (Å²) >= 11 is 12.4. The van der Waals surface area contributed by atoms with Gasteiger partial charge in [-0.25, -0.2) is 0 Å². The second kappa shape index (κ2) is 9.01. The van der Waals surface area contributed by atoms with Crippen LogP contribution < -0.4 is 5.32 Å². The summed E-state index contributed by atoms with van der Waals surface area (Å²) < 4.78 is 0. The molecule has 0 saturated heterocycles. The van der Waals surface area contributed by atoms with Gasteiger partial charge >= 0.3 is 0 Å². The molecule has 1 atom stereocenters. The largest absolute Gasteiger partial charge is 0.355 e. The standard InChI is InChI=1S/C16H22Cl2N2O2/c1-4-14(16(22)19-6-3)20(15(21)5-2)10-11-12(17)8-7-9-13(11)18/h7-9,14H,4-6,10H2,1-3H3,(H,19,22)/t14-/m1/s1. The maximum absolute atomic E-state index is 12.3. The van der Waals surface area contributed by atoms with E-state index in [9.17, 15) is 9.59 Å². The minimum Gasteiger partial charge on any atom is -0.355 e. The molecule has 0 fully saturated rings. The van der Waals surface area contributed by atoms with Crippen molar-refractivity contribution in [3.8, 4) is 0 Å². The SMILES string of the molecule is CCNC(=O)[C@@H](CC)N(Cc1c(Cl)cccc1Cl)C(=O)CC. The minimum atomic E-state index is -0.528. The molecule has 4 nitrogen and oxygen atoms in total. The fourth-order valence-electron chi connectivity index (χ4n) is 2.27. The van der Waals surface area contributed by atoms with Crippen LogP contribution in [0, 0.1) is 0 Å². The van der Waals surface area contributed by atoms with Crippen molar-refractivity contribution in [1.82, 2.24) is 10.2 Å². The minimum absolute atomic E-state index is 0.103. The molecule has 0 unspecified atom stereocenters. The van der Waals surface area contributed by atoms with Crippen LogP contribution in [0.1, 0.15) is 39.2 Å². The zero-order valence-electron chi connectivity index (χ0n) is 13.2. The summed E-state index contributed by atoms with van der Waals surface area (Å²) in [5.74, 6) is -0.260. The number of likely N-dealkylation sites (N-methyl/N-ethyl adjacent to an activating group) is 1. The molecule has 0 saturated carbocycles. The van der Waals surface area contributed by atoms with Crippen LogP contribution in [0.25, 0.3) is 0 Å². The number of carbonyl (C=O) groups excluding carboxylic acids is 2. The maximum Gasteiger partial charge on any atom is 0.242 e. The van der Waals surface area contributed by atoms with Crippen LogP contribution in [0.5, 0.6) is 0 Å². The van der Waals surface area contributed by atoms with Crippen molar-refractivity contribution in [1.29, 1.82) is 0 Å². The smallest absolute Gasteiger partial charge is 0.242 e. The molecule has 0 aliphatic carbocycles. The van der Waals surface area contributed by atoms with Gasteiger partial charge in [0.1, 0.15) is 6.04 Å². The van der Waals surface area contributed by atoms with Crippen LogP contribution in [0.4, 0.5) is 0 Å². The summed E-state index contributed by atoms with van der Waals surface area (Å²) in [7, 11) is 0. The summed E-state index contributed by atoms with van der Waals surface area (Å²) in [5.41, 5.74) is 0.662. The molecule has 6 heteroatoms. The molecule has 0 radical (unpaired) electrons. The predicted molar refractivity (Wildman–Crippen MR) is 90.1 cm³/mol. The second-order valence-corrected chi connectivity index (χ2v) is 5.71. The first kappa shape index (κ1) is 18.8. The molecule has 2 amide bonds. The zero-order valence-corrected chi connectivity index (χ0v) is 14.7. The number of nitrogens with one attached hydrogen (secondary N) is 1. The van der Waals surface area contributed by atoms with Gasteiger partial charge in [0.2, 0.25) is 11.8 Å². The van der Waals surface area contributed by atoms with Gasteiger partial charge in [0.15, 0.2) is 0 Å². The third-order valence-corrected chi connectivity index (χ3v) is 4.14. The number of amides is 2. The molecule has 0 bridgehead atoms. The molecule has 0 heterocycles. The molecular formula is C16H22Cl2N2O2. The normalized spacial score (nSPS) is 11.9. The summed E-state index contributed by atoms with van der Waals surface area (Å²) in [4.78, 5) is 26.1. The molecule has 0 aromatic heterocycles. The maximum atomic E-state index is 12.3. The van der Waals surface area contributed by atoms with Gasteiger partial charge in [-0.05, 0) is 25.5 Å². The Labute approximate surface area is 141 Å². The average Bonchev–Trinajstić information content (AvgIpc) is 2.49. The summed E-state index contributed by atoms with van der Waals surface area (Å²) in [6.07, 6.45) is 0.845. The topological polar surface area (TPSA) is 49.4 Å². The summed E-state index contributed by atoms with van der Waals surface area (Å²) in [5, 5.41) is 3.76. The van der Waals surface area contributed by atoms with Crippen LogP contribution >= 0.6 is 23.2 Å². The molecule has 122 valence electrons. The first-order valence-corrected chi connectivity index (χ1v) is 8.21. The van der Waals surface area contributed by atoms with Gasteiger partial charge in [-0.15, -0.1) is 0 Å². The van der Waals surface area contributed by atoms with Gasteiger partial charge in [0, 0.05) is 35.1 Å². The van der Waals surface area contributed by atoms with Crippen LogP contribution in [0.3, 0.4) is 0 Å². The number of hydrogen-bond donors (Lipinski definition) is 1. The van der Waals surface area contributed by atoms with Crippen molar-refractivity contribution in [2.75, 3.05) is 6.54 Å². The molecule has 1 aromatic carbocycles. The number of carbonyl (C=O) groups is 2. The Morgan fingerprint density at radius 2 is 1.77 bits per heavy atom. The fourth-order valence-corrected chi connectivity index (χ4v) is 2.79. The Morgan fingerprint density at radius 3 is 2.23 bits per heavy atom. The molecule has 1 N–H and O–H groups in total. The van der Waals surface area contributed by atoms with Crippen LogP contribution in [-0.4, -0.2) is 29.3 Å². The van der Waals surface area contributed by atoms with Crippen LogP contribution in [-0.2, 0) is 16.1 Å². The van der Waals surface area contributed by atoms with E-state index in [0.717, 1.165) is 0 Å². The van der Waals surface area contributed by atoms with Crippen molar-refractivity contribution in [2.45, 2.75) is 46.2 Å². The molecule has 1 aromatic rings. The lowest BCUT2D eigenvalue weighted by molar-refractivity contribution is -0.141. The van der Waals surface area contributed by atoms with Gasteiger partial charge in [0.25, 0.3) is 0 Å². The second-order valence-electron chi connectivity index (χ2n) is 4.89. The van der Waals surface area contributed by atoms with E-state index in [-0.39, 0.29) is 18.4 Å². The molecule has 22 heavy (non-hydrogen) atoms. The van der Waals surface area contributed by atoms with E-state index in [1.165, 1.54) is 0 Å². The number of halogens is 2. The van der Waals surface area contributed by atoms with E-state index < -0.39 is 6.04 Å². The van der Waals surface area contributed by atoms with Crippen LogP contribution in [0.2, 0.25) is 10.0 Å². The Balaban J connectivity index is 3.12. The first-order valence-electron chi connectivity index (χ1n) is 7.46. The van der Waals surface area contributed by atoms with Gasteiger partial charge in [-0.3, -0.25) is 9.59 Å². The lowest BCUT2D eigenvalue weighted by Crippen LogP contribution is -2.48. The first-order chi connectivity index (χ1) is 10.5. The molecule has 1 rings (SSSR count). The highest BCUT2D eigenvalue weighted by Crippen LogP contribution is 2.27. The van der Waals surface area contributed by atoms with Crippen molar-refractivity contribution in [2.24, 2.45) is 0 Å². The summed E-state index contributed by atoms with van der Waals surface area (Å²) in [6.45, 7) is 6.25. The highest BCUT2D eigenvalue weighted by molar-refractivity contribution is 6.36. The van der Waals surface area contributed by atoms with Gasteiger partial charge in [0.05, 0.1) is 0 Å².